The minimum Gasteiger partial charge on any atom is -0.339 e. The van der Waals surface area contributed by atoms with Crippen LogP contribution >= 0.6 is 24.8 Å². The molecule has 1 aliphatic heterocycles. The number of amides is 1. The van der Waals surface area contributed by atoms with Crippen LogP contribution in [-0.2, 0) is 0 Å². The topological polar surface area (TPSA) is 71.0 Å². The summed E-state index contributed by atoms with van der Waals surface area (Å²) in [7, 11) is 0. The number of hydrogen-bond acceptors (Lipinski definition) is 5. The molecule has 142 valence electrons. The molecule has 1 fully saturated rings. The van der Waals surface area contributed by atoms with Crippen molar-refractivity contribution in [2.24, 2.45) is 5.92 Å². The zero-order valence-electron chi connectivity index (χ0n) is 14.7. The van der Waals surface area contributed by atoms with Crippen LogP contribution in [0.25, 0.3) is 0 Å². The molecule has 1 saturated heterocycles. The van der Waals surface area contributed by atoms with Crippen molar-refractivity contribution in [3.05, 3.63) is 54.4 Å². The van der Waals surface area contributed by atoms with Crippen LogP contribution in [0.2, 0.25) is 0 Å². The van der Waals surface area contributed by atoms with Crippen LogP contribution in [0.5, 0.6) is 0 Å². The molecule has 2 aromatic rings. The minimum atomic E-state index is 0. The van der Waals surface area contributed by atoms with Crippen LogP contribution in [0.3, 0.4) is 0 Å². The number of aromatic nitrogens is 3. The summed E-state index contributed by atoms with van der Waals surface area (Å²) in [6.07, 6.45) is 7.90. The molecule has 1 N–H and O–H groups in total. The van der Waals surface area contributed by atoms with Gasteiger partial charge in [-0.15, -0.1) is 24.8 Å². The molecular formula is C18H25Cl2N5O. The van der Waals surface area contributed by atoms with Gasteiger partial charge in [-0.1, -0.05) is 0 Å². The second-order valence-electron chi connectivity index (χ2n) is 6.05. The van der Waals surface area contributed by atoms with E-state index in [0.29, 0.717) is 18.0 Å². The van der Waals surface area contributed by atoms with Crippen molar-refractivity contribution in [2.75, 3.05) is 26.2 Å². The Hall–Kier alpha value is -1.76. The van der Waals surface area contributed by atoms with E-state index < -0.39 is 0 Å². The van der Waals surface area contributed by atoms with Crippen LogP contribution in [0.4, 0.5) is 0 Å². The molecular weight excluding hydrogens is 373 g/mol. The van der Waals surface area contributed by atoms with E-state index in [1.165, 1.54) is 0 Å². The molecule has 0 saturated carbocycles. The average Bonchev–Trinajstić information content (AvgIpc) is 2.67. The van der Waals surface area contributed by atoms with Gasteiger partial charge in [-0.25, -0.2) is 9.97 Å². The number of nitrogens with one attached hydrogen (secondary N) is 1. The summed E-state index contributed by atoms with van der Waals surface area (Å²) in [6, 6.07) is 5.45. The molecule has 2 unspecified atom stereocenters. The van der Waals surface area contributed by atoms with Crippen molar-refractivity contribution in [2.45, 2.75) is 19.3 Å². The number of rotatable bonds is 5. The molecule has 0 radical (unpaired) electrons. The van der Waals surface area contributed by atoms with Crippen LogP contribution in [-0.4, -0.2) is 51.9 Å². The van der Waals surface area contributed by atoms with E-state index in [1.807, 2.05) is 24.0 Å². The largest absolute Gasteiger partial charge is 0.339 e. The second-order valence-corrected chi connectivity index (χ2v) is 6.05. The van der Waals surface area contributed by atoms with E-state index in [4.69, 9.17) is 0 Å². The molecule has 1 amide bonds. The fourth-order valence-corrected chi connectivity index (χ4v) is 3.25. The Balaban J connectivity index is 0.00000169. The Morgan fingerprint density at radius 1 is 1.23 bits per heavy atom. The van der Waals surface area contributed by atoms with Gasteiger partial charge in [0.1, 0.15) is 5.82 Å². The first-order chi connectivity index (χ1) is 11.8. The van der Waals surface area contributed by atoms with Gasteiger partial charge in [0, 0.05) is 50.3 Å². The third-order valence-electron chi connectivity index (χ3n) is 4.57. The van der Waals surface area contributed by atoms with Gasteiger partial charge in [-0.3, -0.25) is 9.78 Å². The van der Waals surface area contributed by atoms with Crippen LogP contribution in [0.1, 0.15) is 35.4 Å². The van der Waals surface area contributed by atoms with Crippen LogP contribution in [0, 0.1) is 5.92 Å². The van der Waals surface area contributed by atoms with E-state index in [1.54, 1.807) is 30.9 Å². The van der Waals surface area contributed by atoms with Gasteiger partial charge >= 0.3 is 0 Å². The summed E-state index contributed by atoms with van der Waals surface area (Å²) < 4.78 is 0. The molecule has 0 aromatic carbocycles. The molecule has 3 rings (SSSR count). The number of pyridine rings is 1. The zero-order chi connectivity index (χ0) is 16.8. The first kappa shape index (κ1) is 22.3. The smallest absolute Gasteiger partial charge is 0.255 e. The van der Waals surface area contributed by atoms with E-state index >= 15 is 0 Å². The molecule has 0 bridgehead atoms. The normalized spacial score (nSPS) is 19.0. The summed E-state index contributed by atoms with van der Waals surface area (Å²) in [5, 5.41) is 3.42. The SMILES string of the molecule is CCN(CC1CCNCC1c1ncccn1)C(=O)c1cccnc1.Cl.Cl. The summed E-state index contributed by atoms with van der Waals surface area (Å²) in [4.78, 5) is 27.5. The Morgan fingerprint density at radius 2 is 2.00 bits per heavy atom. The van der Waals surface area contributed by atoms with Crippen molar-refractivity contribution in [1.29, 1.82) is 0 Å². The highest BCUT2D eigenvalue weighted by atomic mass is 35.5. The number of carbonyl (C=O) groups is 1. The summed E-state index contributed by atoms with van der Waals surface area (Å²) in [6.45, 7) is 5.23. The number of carbonyl (C=O) groups excluding carboxylic acids is 1. The maximum atomic E-state index is 12.7. The lowest BCUT2D eigenvalue weighted by atomic mass is 9.85. The average molecular weight is 398 g/mol. The predicted octanol–water partition coefficient (Wildman–Crippen LogP) is 2.57. The summed E-state index contributed by atoms with van der Waals surface area (Å²) >= 11 is 0. The lowest BCUT2D eigenvalue weighted by Crippen LogP contribution is -2.43. The molecule has 3 heterocycles. The summed E-state index contributed by atoms with van der Waals surface area (Å²) in [5.41, 5.74) is 0.640. The van der Waals surface area contributed by atoms with E-state index in [-0.39, 0.29) is 36.6 Å². The number of nitrogens with zero attached hydrogens (tertiary/aromatic N) is 4. The lowest BCUT2D eigenvalue weighted by molar-refractivity contribution is 0.0715. The van der Waals surface area contributed by atoms with Gasteiger partial charge in [-0.2, -0.15) is 0 Å². The van der Waals surface area contributed by atoms with Crippen molar-refractivity contribution in [3.8, 4) is 0 Å². The van der Waals surface area contributed by atoms with Crippen LogP contribution in [0.15, 0.2) is 43.0 Å². The fourth-order valence-electron chi connectivity index (χ4n) is 3.25. The molecule has 8 heteroatoms. The van der Waals surface area contributed by atoms with Crippen molar-refractivity contribution >= 4 is 30.7 Å². The number of halogens is 2. The maximum absolute atomic E-state index is 12.7. The lowest BCUT2D eigenvalue weighted by Gasteiger charge is -2.35. The molecule has 2 atom stereocenters. The van der Waals surface area contributed by atoms with Crippen molar-refractivity contribution in [3.63, 3.8) is 0 Å². The van der Waals surface area contributed by atoms with Crippen LogP contribution < -0.4 is 5.32 Å². The van der Waals surface area contributed by atoms with Gasteiger partial charge in [0.25, 0.3) is 5.91 Å². The quantitative estimate of drug-likeness (QED) is 0.838. The van der Waals surface area contributed by atoms with Crippen molar-refractivity contribution < 1.29 is 4.79 Å². The van der Waals surface area contributed by atoms with Crippen molar-refractivity contribution in [1.82, 2.24) is 25.2 Å². The summed E-state index contributed by atoms with van der Waals surface area (Å²) in [5.74, 6) is 1.49. The molecule has 0 aliphatic carbocycles. The monoisotopic (exact) mass is 397 g/mol. The standard InChI is InChI=1S/C18H23N5O.2ClH/c1-2-23(18(24)14-5-3-7-19-11-14)13-15-6-10-20-12-16(15)17-21-8-4-9-22-17;;/h3-5,7-9,11,15-16,20H,2,6,10,12-13H2,1H3;2*1H. The Bertz CT molecular complexity index is 659. The highest BCUT2D eigenvalue weighted by Gasteiger charge is 2.31. The van der Waals surface area contributed by atoms with E-state index in [9.17, 15) is 4.79 Å². The molecule has 0 spiro atoms. The number of piperidine rings is 1. The first-order valence-electron chi connectivity index (χ1n) is 8.46. The van der Waals surface area contributed by atoms with Gasteiger partial charge in [0.2, 0.25) is 0 Å². The highest BCUT2D eigenvalue weighted by Crippen LogP contribution is 2.28. The minimum absolute atomic E-state index is 0. The van der Waals surface area contributed by atoms with E-state index in [2.05, 4.69) is 20.3 Å². The Morgan fingerprint density at radius 3 is 2.65 bits per heavy atom. The fraction of sp³-hybridized carbons (Fsp3) is 0.444. The Kier molecular flexibility index (Phi) is 9.48. The van der Waals surface area contributed by atoms with Gasteiger partial charge in [0.15, 0.2) is 0 Å². The number of hydrogen-bond donors (Lipinski definition) is 1. The van der Waals surface area contributed by atoms with E-state index in [0.717, 1.165) is 31.9 Å². The van der Waals surface area contributed by atoms with Gasteiger partial charge in [-0.05, 0) is 44.0 Å². The molecule has 1 aliphatic rings. The zero-order valence-corrected chi connectivity index (χ0v) is 16.4. The molecule has 2 aromatic heterocycles. The molecule has 6 nitrogen and oxygen atoms in total. The third kappa shape index (κ3) is 5.37. The molecule has 26 heavy (non-hydrogen) atoms. The second kappa shape index (κ2) is 11.1. The Labute approximate surface area is 166 Å². The predicted molar refractivity (Wildman–Crippen MR) is 106 cm³/mol. The first-order valence-corrected chi connectivity index (χ1v) is 8.46. The maximum Gasteiger partial charge on any atom is 0.255 e. The highest BCUT2D eigenvalue weighted by molar-refractivity contribution is 5.93. The van der Waals surface area contributed by atoms with Gasteiger partial charge in [0.05, 0.1) is 5.56 Å². The van der Waals surface area contributed by atoms with Gasteiger partial charge < -0.3 is 10.2 Å². The third-order valence-corrected chi connectivity index (χ3v) is 4.57.